The minimum absolute atomic E-state index is 0.345. The number of benzene rings is 1. The zero-order chi connectivity index (χ0) is 17.8. The Labute approximate surface area is 154 Å². The first-order valence-electron chi connectivity index (χ1n) is 9.05. The number of halogens is 1. The van der Waals surface area contributed by atoms with Crippen molar-refractivity contribution in [1.29, 1.82) is 0 Å². The van der Waals surface area contributed by atoms with Crippen LogP contribution in [-0.4, -0.2) is 30.4 Å². The average Bonchev–Trinajstić information content (AvgIpc) is 2.55. The molecule has 0 aliphatic carbocycles. The molecule has 0 fully saturated rings. The van der Waals surface area contributed by atoms with Crippen LogP contribution in [0.15, 0.2) is 16.6 Å². The lowest BCUT2D eigenvalue weighted by molar-refractivity contribution is 0.296. The monoisotopic (exact) mass is 400 g/mol. The summed E-state index contributed by atoms with van der Waals surface area (Å²) in [4.78, 5) is 0. The molecule has 0 atom stereocenters. The molecule has 2 N–H and O–H groups in total. The van der Waals surface area contributed by atoms with E-state index < -0.39 is 7.12 Å². The molecule has 1 aromatic carbocycles. The summed E-state index contributed by atoms with van der Waals surface area (Å²) in [5.74, 6) is 1.11. The van der Waals surface area contributed by atoms with Crippen molar-refractivity contribution >= 4 is 28.5 Å². The van der Waals surface area contributed by atoms with Crippen molar-refractivity contribution in [2.24, 2.45) is 0 Å². The molecular formula is C18H30BBrO4. The third kappa shape index (κ3) is 7.91. The molecule has 0 aliphatic heterocycles. The van der Waals surface area contributed by atoms with Crippen LogP contribution in [0.3, 0.4) is 0 Å². The van der Waals surface area contributed by atoms with Gasteiger partial charge in [-0.2, -0.15) is 0 Å². The van der Waals surface area contributed by atoms with Gasteiger partial charge in [0.15, 0.2) is 0 Å². The summed E-state index contributed by atoms with van der Waals surface area (Å²) in [6.07, 6.45) is 8.97. The maximum Gasteiger partial charge on any atom is 0.492 e. The highest BCUT2D eigenvalue weighted by Gasteiger charge is 2.20. The van der Waals surface area contributed by atoms with Gasteiger partial charge in [-0.15, -0.1) is 0 Å². The number of rotatable bonds is 13. The second-order valence-electron chi connectivity index (χ2n) is 6.01. The maximum atomic E-state index is 9.61. The van der Waals surface area contributed by atoms with E-state index in [-0.39, 0.29) is 0 Å². The SMILES string of the molecule is CCCCCCOc1cc(B(O)O)c(OCCCCCC)cc1Br. The van der Waals surface area contributed by atoms with Gasteiger partial charge in [0.25, 0.3) is 0 Å². The van der Waals surface area contributed by atoms with E-state index in [4.69, 9.17) is 9.47 Å². The fraction of sp³-hybridized carbons (Fsp3) is 0.667. The van der Waals surface area contributed by atoms with E-state index in [9.17, 15) is 10.0 Å². The molecule has 0 spiro atoms. The van der Waals surface area contributed by atoms with Gasteiger partial charge in [-0.05, 0) is 40.9 Å². The normalized spacial score (nSPS) is 10.7. The quantitative estimate of drug-likeness (QED) is 0.387. The van der Waals surface area contributed by atoms with Gasteiger partial charge in [-0.3, -0.25) is 0 Å². The first kappa shape index (κ1) is 21.3. The Morgan fingerprint density at radius 1 is 0.833 bits per heavy atom. The van der Waals surface area contributed by atoms with Crippen molar-refractivity contribution < 1.29 is 19.5 Å². The van der Waals surface area contributed by atoms with E-state index in [1.165, 1.54) is 25.7 Å². The molecule has 0 aromatic heterocycles. The van der Waals surface area contributed by atoms with Crippen molar-refractivity contribution in [1.82, 2.24) is 0 Å². The Balaban J connectivity index is 2.63. The molecule has 0 saturated carbocycles. The molecule has 0 saturated heterocycles. The van der Waals surface area contributed by atoms with E-state index in [1.54, 1.807) is 12.1 Å². The smallest absolute Gasteiger partial charge is 0.492 e. The van der Waals surface area contributed by atoms with E-state index in [1.807, 2.05) is 0 Å². The zero-order valence-corrected chi connectivity index (χ0v) is 16.5. The van der Waals surface area contributed by atoms with Crippen molar-refractivity contribution in [2.45, 2.75) is 65.2 Å². The second kappa shape index (κ2) is 12.6. The van der Waals surface area contributed by atoms with Crippen molar-refractivity contribution in [2.75, 3.05) is 13.2 Å². The molecule has 4 nitrogen and oxygen atoms in total. The summed E-state index contributed by atoms with van der Waals surface area (Å²) >= 11 is 3.48. The molecule has 0 heterocycles. The van der Waals surface area contributed by atoms with Crippen LogP contribution in [0.4, 0.5) is 0 Å². The van der Waals surface area contributed by atoms with E-state index in [2.05, 4.69) is 29.8 Å². The Kier molecular flexibility index (Phi) is 11.2. The largest absolute Gasteiger partial charge is 0.494 e. The molecule has 0 radical (unpaired) electrons. The van der Waals surface area contributed by atoms with Crippen molar-refractivity contribution in [3.8, 4) is 11.5 Å². The van der Waals surface area contributed by atoms with Gasteiger partial charge in [-0.1, -0.05) is 52.4 Å². The van der Waals surface area contributed by atoms with Crippen LogP contribution in [-0.2, 0) is 0 Å². The summed E-state index contributed by atoms with van der Waals surface area (Å²) in [5, 5.41) is 19.2. The van der Waals surface area contributed by atoms with E-state index in [0.717, 1.165) is 30.2 Å². The van der Waals surface area contributed by atoms with Crippen molar-refractivity contribution in [3.05, 3.63) is 16.6 Å². The van der Waals surface area contributed by atoms with Crippen LogP contribution in [0.2, 0.25) is 0 Å². The lowest BCUT2D eigenvalue weighted by atomic mass is 9.79. The van der Waals surface area contributed by atoms with Crippen LogP contribution < -0.4 is 14.9 Å². The third-order valence-electron chi connectivity index (χ3n) is 3.85. The molecule has 136 valence electrons. The molecule has 0 unspecified atom stereocenters. The lowest BCUT2D eigenvalue weighted by Crippen LogP contribution is -2.32. The van der Waals surface area contributed by atoms with Crippen LogP contribution >= 0.6 is 15.9 Å². The summed E-state index contributed by atoms with van der Waals surface area (Å²) in [6.45, 7) is 5.53. The maximum absolute atomic E-state index is 9.61. The lowest BCUT2D eigenvalue weighted by Gasteiger charge is -2.15. The second-order valence-corrected chi connectivity index (χ2v) is 6.87. The highest BCUT2D eigenvalue weighted by atomic mass is 79.9. The van der Waals surface area contributed by atoms with Gasteiger partial charge >= 0.3 is 7.12 Å². The standard InChI is InChI=1S/C18H30BBrO4/c1-3-5-7-9-11-23-17-14-16(20)18(13-15(17)19(21)22)24-12-10-8-6-4-2/h13-14,21-22H,3-12H2,1-2H3. The Hall–Kier alpha value is -0.715. The first-order valence-corrected chi connectivity index (χ1v) is 9.84. The van der Waals surface area contributed by atoms with Crippen molar-refractivity contribution in [3.63, 3.8) is 0 Å². The number of ether oxygens (including phenoxy) is 2. The molecule has 0 bridgehead atoms. The van der Waals surface area contributed by atoms with E-state index >= 15 is 0 Å². The molecular weight excluding hydrogens is 371 g/mol. The summed E-state index contributed by atoms with van der Waals surface area (Å²) in [7, 11) is -1.58. The van der Waals surface area contributed by atoms with Gasteiger partial charge in [0, 0.05) is 5.46 Å². The highest BCUT2D eigenvalue weighted by molar-refractivity contribution is 9.10. The van der Waals surface area contributed by atoms with Crippen LogP contribution in [0.25, 0.3) is 0 Å². The molecule has 0 aliphatic rings. The molecule has 24 heavy (non-hydrogen) atoms. The highest BCUT2D eigenvalue weighted by Crippen LogP contribution is 2.28. The third-order valence-corrected chi connectivity index (χ3v) is 4.47. The van der Waals surface area contributed by atoms with Crippen LogP contribution in [0.1, 0.15) is 65.2 Å². The fourth-order valence-corrected chi connectivity index (χ4v) is 2.85. The molecule has 1 aromatic rings. The van der Waals surface area contributed by atoms with Gasteiger partial charge < -0.3 is 19.5 Å². The molecule has 1 rings (SSSR count). The van der Waals surface area contributed by atoms with Gasteiger partial charge in [0.05, 0.1) is 17.7 Å². The summed E-state index contributed by atoms with van der Waals surface area (Å²) < 4.78 is 12.3. The Bertz CT molecular complexity index is 469. The molecule has 6 heteroatoms. The minimum Gasteiger partial charge on any atom is -0.494 e. The number of hydrogen-bond acceptors (Lipinski definition) is 4. The Morgan fingerprint density at radius 2 is 1.38 bits per heavy atom. The fourth-order valence-electron chi connectivity index (χ4n) is 2.41. The first-order chi connectivity index (χ1) is 11.6. The summed E-state index contributed by atoms with van der Waals surface area (Å²) in [6, 6.07) is 3.41. The van der Waals surface area contributed by atoms with Crippen LogP contribution in [0.5, 0.6) is 11.5 Å². The number of hydrogen-bond donors (Lipinski definition) is 2. The topological polar surface area (TPSA) is 58.9 Å². The predicted molar refractivity (Wildman–Crippen MR) is 103 cm³/mol. The number of unbranched alkanes of at least 4 members (excludes halogenated alkanes) is 6. The van der Waals surface area contributed by atoms with Gasteiger partial charge in [0.1, 0.15) is 11.5 Å². The zero-order valence-electron chi connectivity index (χ0n) is 14.9. The predicted octanol–water partition coefficient (Wildman–Crippen LogP) is 4.05. The van der Waals surface area contributed by atoms with Gasteiger partial charge in [-0.25, -0.2) is 0 Å². The minimum atomic E-state index is -1.58. The van der Waals surface area contributed by atoms with E-state index in [0.29, 0.717) is 30.2 Å². The van der Waals surface area contributed by atoms with Gasteiger partial charge in [0.2, 0.25) is 0 Å². The summed E-state index contributed by atoms with van der Waals surface area (Å²) in [5.41, 5.74) is 0.345. The Morgan fingerprint density at radius 3 is 1.88 bits per heavy atom. The molecule has 0 amide bonds. The van der Waals surface area contributed by atoms with Crippen LogP contribution in [0, 0.1) is 0 Å². The average molecular weight is 401 g/mol.